The molecule has 1 aliphatic heterocycles. The average molecular weight is 377 g/mol. The van der Waals surface area contributed by atoms with Gasteiger partial charge in [-0.15, -0.1) is 0 Å². The minimum Gasteiger partial charge on any atom is -0.495 e. The van der Waals surface area contributed by atoms with E-state index in [9.17, 15) is 8.42 Å². The molecule has 0 amide bonds. The molecular weight excluding hydrogens is 356 g/mol. The zero-order valence-electron chi connectivity index (χ0n) is 12.5. The molecule has 1 saturated heterocycles. The molecule has 1 aliphatic rings. The third kappa shape index (κ3) is 3.41. The molecule has 0 spiro atoms. The molecule has 0 unspecified atom stereocenters. The highest BCUT2D eigenvalue weighted by molar-refractivity contribution is 9.10. The van der Waals surface area contributed by atoms with Crippen molar-refractivity contribution in [1.29, 1.82) is 0 Å². The number of nitrogens with zero attached hydrogens (tertiary/aromatic N) is 1. The molecule has 0 bridgehead atoms. The van der Waals surface area contributed by atoms with Crippen LogP contribution >= 0.6 is 15.9 Å². The maximum absolute atomic E-state index is 12.9. The second-order valence-corrected chi connectivity index (χ2v) is 8.07. The van der Waals surface area contributed by atoms with E-state index in [1.807, 2.05) is 6.92 Å². The van der Waals surface area contributed by atoms with Crippen LogP contribution in [-0.2, 0) is 10.0 Å². The third-order valence-electron chi connectivity index (χ3n) is 3.92. The minimum absolute atomic E-state index is 0.0287. The monoisotopic (exact) mass is 376 g/mol. The maximum atomic E-state index is 12.9. The Balaban J connectivity index is 2.40. The molecule has 5 nitrogen and oxygen atoms in total. The van der Waals surface area contributed by atoms with Crippen molar-refractivity contribution in [3.63, 3.8) is 0 Å². The predicted molar refractivity (Wildman–Crippen MR) is 86.3 cm³/mol. The fourth-order valence-electron chi connectivity index (χ4n) is 2.52. The number of sulfonamides is 1. The summed E-state index contributed by atoms with van der Waals surface area (Å²) in [4.78, 5) is 0.212. The smallest absolute Gasteiger partial charge is 0.246 e. The second kappa shape index (κ2) is 6.64. The van der Waals surface area contributed by atoms with Gasteiger partial charge < -0.3 is 10.1 Å². The highest BCUT2D eigenvalue weighted by atomic mass is 79.9. The van der Waals surface area contributed by atoms with E-state index in [-0.39, 0.29) is 10.9 Å². The maximum Gasteiger partial charge on any atom is 0.246 e. The van der Waals surface area contributed by atoms with E-state index >= 15 is 0 Å². The van der Waals surface area contributed by atoms with Crippen molar-refractivity contribution in [2.45, 2.75) is 30.7 Å². The lowest BCUT2D eigenvalue weighted by Crippen LogP contribution is -2.43. The number of piperidine rings is 1. The second-order valence-electron chi connectivity index (χ2n) is 5.25. The van der Waals surface area contributed by atoms with Crippen LogP contribution in [0.2, 0.25) is 0 Å². The van der Waals surface area contributed by atoms with Gasteiger partial charge in [-0.25, -0.2) is 8.42 Å². The van der Waals surface area contributed by atoms with Crippen LogP contribution in [0.3, 0.4) is 0 Å². The van der Waals surface area contributed by atoms with E-state index in [1.165, 1.54) is 11.4 Å². The number of nitrogens with one attached hydrogen (secondary N) is 1. The number of ether oxygens (including phenoxy) is 1. The van der Waals surface area contributed by atoms with Gasteiger partial charge in [0.25, 0.3) is 0 Å². The van der Waals surface area contributed by atoms with E-state index in [4.69, 9.17) is 4.74 Å². The zero-order chi connectivity index (χ0) is 15.6. The molecule has 7 heteroatoms. The molecule has 0 saturated carbocycles. The van der Waals surface area contributed by atoms with Gasteiger partial charge >= 0.3 is 0 Å². The van der Waals surface area contributed by atoms with Gasteiger partial charge in [-0.1, -0.05) is 15.9 Å². The molecule has 1 fully saturated rings. The van der Waals surface area contributed by atoms with Crippen LogP contribution in [0, 0.1) is 6.92 Å². The topological polar surface area (TPSA) is 58.6 Å². The Morgan fingerprint density at radius 1 is 1.33 bits per heavy atom. The summed E-state index contributed by atoms with van der Waals surface area (Å²) >= 11 is 3.40. The van der Waals surface area contributed by atoms with E-state index < -0.39 is 10.0 Å². The molecule has 0 radical (unpaired) electrons. The van der Waals surface area contributed by atoms with Crippen LogP contribution in [0.15, 0.2) is 21.5 Å². The van der Waals surface area contributed by atoms with Crippen LogP contribution in [0.5, 0.6) is 5.75 Å². The van der Waals surface area contributed by atoms with Crippen LogP contribution in [-0.4, -0.2) is 46.0 Å². The van der Waals surface area contributed by atoms with E-state index in [0.29, 0.717) is 5.75 Å². The molecular formula is C14H21BrN2O3S. The van der Waals surface area contributed by atoms with Crippen LogP contribution in [0.4, 0.5) is 0 Å². The molecule has 1 N–H and O–H groups in total. The first-order chi connectivity index (χ1) is 9.87. The lowest BCUT2D eigenvalue weighted by Gasteiger charge is -2.31. The largest absolute Gasteiger partial charge is 0.495 e. The standard InChI is InChI=1S/C14H21BrN2O3S/c1-10-8-13(20-3)14(9-12(10)15)21(18,19)17(2)11-4-6-16-7-5-11/h8-9,11,16H,4-7H2,1-3H3. The quantitative estimate of drug-likeness (QED) is 0.874. The number of hydrogen-bond donors (Lipinski definition) is 1. The van der Waals surface area contributed by atoms with Gasteiger partial charge in [0.2, 0.25) is 10.0 Å². The van der Waals surface area contributed by atoms with Crippen molar-refractivity contribution in [2.24, 2.45) is 0 Å². The van der Waals surface area contributed by atoms with E-state index in [2.05, 4.69) is 21.2 Å². The first-order valence-electron chi connectivity index (χ1n) is 6.91. The fraction of sp³-hybridized carbons (Fsp3) is 0.571. The third-order valence-corrected chi connectivity index (χ3v) is 6.71. The Labute approximate surface area is 134 Å². The highest BCUT2D eigenvalue weighted by Gasteiger charge is 2.31. The Hall–Kier alpha value is -0.630. The van der Waals surface area contributed by atoms with Crippen LogP contribution in [0.25, 0.3) is 0 Å². The van der Waals surface area contributed by atoms with Crippen molar-refractivity contribution in [1.82, 2.24) is 9.62 Å². The van der Waals surface area contributed by atoms with Gasteiger partial charge in [0.1, 0.15) is 10.6 Å². The number of halogens is 1. The van der Waals surface area contributed by atoms with Crippen molar-refractivity contribution >= 4 is 26.0 Å². The highest BCUT2D eigenvalue weighted by Crippen LogP contribution is 2.33. The van der Waals surface area contributed by atoms with Gasteiger partial charge in [0.15, 0.2) is 0 Å². The van der Waals surface area contributed by atoms with Gasteiger partial charge in [-0.3, -0.25) is 0 Å². The SMILES string of the molecule is COc1cc(C)c(Br)cc1S(=O)(=O)N(C)C1CCNCC1. The number of benzene rings is 1. The van der Waals surface area contributed by atoms with Crippen molar-refractivity contribution in [2.75, 3.05) is 27.2 Å². The Bertz CT molecular complexity index is 613. The summed E-state index contributed by atoms with van der Waals surface area (Å²) in [5.74, 6) is 0.386. The molecule has 1 heterocycles. The van der Waals surface area contributed by atoms with Gasteiger partial charge in [0.05, 0.1) is 7.11 Å². The molecule has 2 rings (SSSR count). The van der Waals surface area contributed by atoms with E-state index in [1.54, 1.807) is 19.2 Å². The predicted octanol–water partition coefficient (Wildman–Crippen LogP) is 2.14. The Morgan fingerprint density at radius 2 is 1.95 bits per heavy atom. The fourth-order valence-corrected chi connectivity index (χ4v) is 4.59. The molecule has 118 valence electrons. The summed E-state index contributed by atoms with van der Waals surface area (Å²) in [7, 11) is -0.426. The lowest BCUT2D eigenvalue weighted by atomic mass is 10.1. The molecule has 21 heavy (non-hydrogen) atoms. The summed E-state index contributed by atoms with van der Waals surface area (Å²) < 4.78 is 33.3. The molecule has 0 aliphatic carbocycles. The first-order valence-corrected chi connectivity index (χ1v) is 9.14. The molecule has 1 aromatic carbocycles. The van der Waals surface area contributed by atoms with Crippen LogP contribution in [0.1, 0.15) is 18.4 Å². The van der Waals surface area contributed by atoms with Crippen molar-refractivity contribution < 1.29 is 13.2 Å². The number of aryl methyl sites for hydroxylation is 1. The average Bonchev–Trinajstić information content (AvgIpc) is 2.49. The van der Waals surface area contributed by atoms with Crippen molar-refractivity contribution in [3.05, 3.63) is 22.2 Å². The molecule has 1 aromatic rings. The van der Waals surface area contributed by atoms with Gasteiger partial charge in [-0.05, 0) is 50.6 Å². The van der Waals surface area contributed by atoms with Crippen molar-refractivity contribution in [3.8, 4) is 5.75 Å². The summed E-state index contributed by atoms with van der Waals surface area (Å²) in [6.45, 7) is 3.60. The normalized spacial score (nSPS) is 17.2. The summed E-state index contributed by atoms with van der Waals surface area (Å²) in [6, 6.07) is 3.40. The molecule has 0 aromatic heterocycles. The lowest BCUT2D eigenvalue weighted by molar-refractivity contribution is 0.295. The summed E-state index contributed by atoms with van der Waals surface area (Å²) in [6.07, 6.45) is 1.65. The van der Waals surface area contributed by atoms with E-state index in [0.717, 1.165) is 36.0 Å². The van der Waals surface area contributed by atoms with Gasteiger partial charge in [0, 0.05) is 17.6 Å². The summed E-state index contributed by atoms with van der Waals surface area (Å²) in [5.41, 5.74) is 0.940. The number of rotatable bonds is 4. The zero-order valence-corrected chi connectivity index (χ0v) is 14.9. The number of methoxy groups -OCH3 is 1. The van der Waals surface area contributed by atoms with Gasteiger partial charge in [-0.2, -0.15) is 4.31 Å². The number of hydrogen-bond acceptors (Lipinski definition) is 4. The Kier molecular flexibility index (Phi) is 5.29. The Morgan fingerprint density at radius 3 is 2.52 bits per heavy atom. The molecule has 0 atom stereocenters. The minimum atomic E-state index is -3.57. The first kappa shape index (κ1) is 16.7. The van der Waals surface area contributed by atoms with Crippen LogP contribution < -0.4 is 10.1 Å². The summed E-state index contributed by atoms with van der Waals surface area (Å²) in [5, 5.41) is 3.25.